The molecule has 0 aromatic rings. The van der Waals surface area contributed by atoms with Crippen LogP contribution in [0.15, 0.2) is 35.5 Å². The van der Waals surface area contributed by atoms with Crippen molar-refractivity contribution in [1.82, 2.24) is 0 Å². The molecular weight excluding hydrogens is 320 g/mol. The van der Waals surface area contributed by atoms with Gasteiger partial charge in [-0.1, -0.05) is 24.3 Å². The molecule has 2 heterocycles. The van der Waals surface area contributed by atoms with Crippen molar-refractivity contribution in [2.75, 3.05) is 6.61 Å². The Labute approximate surface area is 149 Å². The summed E-state index contributed by atoms with van der Waals surface area (Å²) < 4.78 is 11.3. The maximum absolute atomic E-state index is 12.0. The number of aliphatic hydroxyl groups is 2. The van der Waals surface area contributed by atoms with E-state index < -0.39 is 23.8 Å². The molecule has 0 amide bonds. The molecule has 1 aliphatic carbocycles. The zero-order chi connectivity index (χ0) is 18.2. The van der Waals surface area contributed by atoms with Crippen LogP contribution in [0, 0.1) is 5.92 Å². The average molecular weight is 348 g/mol. The summed E-state index contributed by atoms with van der Waals surface area (Å²) >= 11 is 0. The van der Waals surface area contributed by atoms with Gasteiger partial charge in [0.25, 0.3) is 0 Å². The van der Waals surface area contributed by atoms with Gasteiger partial charge in [0.05, 0.1) is 12.7 Å². The third kappa shape index (κ3) is 3.59. The number of esters is 1. The van der Waals surface area contributed by atoms with E-state index in [-0.39, 0.29) is 18.6 Å². The highest BCUT2D eigenvalue weighted by atomic mass is 16.6. The van der Waals surface area contributed by atoms with Crippen molar-refractivity contribution < 1.29 is 24.5 Å². The van der Waals surface area contributed by atoms with Crippen LogP contribution >= 0.6 is 0 Å². The van der Waals surface area contributed by atoms with Crippen LogP contribution in [0.5, 0.6) is 0 Å². The summed E-state index contributed by atoms with van der Waals surface area (Å²) in [7, 11) is 0. The van der Waals surface area contributed by atoms with E-state index in [0.29, 0.717) is 12.0 Å². The number of carbonyl (C=O) groups excluding carboxylic acids is 1. The fourth-order valence-electron chi connectivity index (χ4n) is 3.95. The van der Waals surface area contributed by atoms with Crippen molar-refractivity contribution in [1.29, 1.82) is 0 Å². The maximum atomic E-state index is 12.0. The Morgan fingerprint density at radius 1 is 1.32 bits per heavy atom. The van der Waals surface area contributed by atoms with Crippen molar-refractivity contribution in [3.8, 4) is 0 Å². The Balaban J connectivity index is 1.86. The molecule has 25 heavy (non-hydrogen) atoms. The van der Waals surface area contributed by atoms with E-state index in [1.165, 1.54) is 5.57 Å². The summed E-state index contributed by atoms with van der Waals surface area (Å²) in [6.07, 6.45) is 6.51. The number of aliphatic hydroxyl groups excluding tert-OH is 2. The molecule has 2 fully saturated rings. The molecular formula is C20H28O5. The molecule has 5 heteroatoms. The second kappa shape index (κ2) is 7.06. The van der Waals surface area contributed by atoms with Gasteiger partial charge in [-0.05, 0) is 51.5 Å². The van der Waals surface area contributed by atoms with Gasteiger partial charge in [0.15, 0.2) is 0 Å². The molecule has 2 N–H and O–H groups in total. The van der Waals surface area contributed by atoms with E-state index in [1.807, 2.05) is 13.0 Å². The number of carbonyl (C=O) groups is 1. The summed E-state index contributed by atoms with van der Waals surface area (Å²) in [4.78, 5) is 12.0. The smallest absolute Gasteiger partial charge is 0.334 e. The molecule has 0 aromatic carbocycles. The summed E-state index contributed by atoms with van der Waals surface area (Å²) in [5.74, 6) is -0.733. The lowest BCUT2D eigenvalue weighted by molar-refractivity contribution is -0.142. The van der Waals surface area contributed by atoms with Crippen molar-refractivity contribution in [2.45, 2.75) is 69.9 Å². The maximum Gasteiger partial charge on any atom is 0.334 e. The molecule has 0 saturated carbocycles. The number of hydrogen-bond acceptors (Lipinski definition) is 5. The number of rotatable bonds is 1. The summed E-state index contributed by atoms with van der Waals surface area (Å²) in [6, 6.07) is 0. The van der Waals surface area contributed by atoms with Gasteiger partial charge in [0.2, 0.25) is 0 Å². The van der Waals surface area contributed by atoms with E-state index in [9.17, 15) is 15.0 Å². The lowest BCUT2D eigenvalue weighted by atomic mass is 9.84. The van der Waals surface area contributed by atoms with Crippen LogP contribution in [0.1, 0.15) is 46.0 Å². The van der Waals surface area contributed by atoms with Gasteiger partial charge in [-0.3, -0.25) is 0 Å². The Kier molecular flexibility index (Phi) is 5.19. The summed E-state index contributed by atoms with van der Waals surface area (Å²) in [6.45, 7) is 7.79. The average Bonchev–Trinajstić information content (AvgIpc) is 3.20. The highest BCUT2D eigenvalue weighted by Gasteiger charge is 2.58. The van der Waals surface area contributed by atoms with Gasteiger partial charge < -0.3 is 19.7 Å². The Morgan fingerprint density at radius 2 is 2.08 bits per heavy atom. The highest BCUT2D eigenvalue weighted by molar-refractivity contribution is 5.91. The van der Waals surface area contributed by atoms with Gasteiger partial charge in [-0.2, -0.15) is 0 Å². The molecule has 0 aromatic heterocycles. The van der Waals surface area contributed by atoms with Crippen molar-refractivity contribution in [2.24, 2.45) is 5.92 Å². The van der Waals surface area contributed by atoms with Crippen LogP contribution in [0.3, 0.4) is 0 Å². The van der Waals surface area contributed by atoms with E-state index in [0.717, 1.165) is 31.3 Å². The number of allylic oxidation sites excluding steroid dienone is 3. The normalized spacial score (nSPS) is 43.7. The third-order valence-electron chi connectivity index (χ3n) is 5.83. The molecule has 5 nitrogen and oxygen atoms in total. The minimum absolute atomic E-state index is 0.0370. The van der Waals surface area contributed by atoms with Crippen LogP contribution in [-0.4, -0.2) is 46.7 Å². The molecule has 0 spiro atoms. The van der Waals surface area contributed by atoms with Gasteiger partial charge in [0, 0.05) is 11.5 Å². The SMILES string of the molecule is C=C1C(=O)O[C@@H]2[C@@H]1C[C@H]1O[C@]1(CO)CC/C=C(\C)CC/C=C(\C)[C@@H]2O. The fraction of sp³-hybridized carbons (Fsp3) is 0.650. The van der Waals surface area contributed by atoms with Gasteiger partial charge in [-0.15, -0.1) is 0 Å². The van der Waals surface area contributed by atoms with Crippen LogP contribution < -0.4 is 0 Å². The van der Waals surface area contributed by atoms with Crippen molar-refractivity contribution in [3.05, 3.63) is 35.5 Å². The number of hydrogen-bond donors (Lipinski definition) is 2. The van der Waals surface area contributed by atoms with Gasteiger partial charge >= 0.3 is 5.97 Å². The van der Waals surface area contributed by atoms with E-state index in [4.69, 9.17) is 9.47 Å². The molecule has 3 aliphatic rings. The minimum atomic E-state index is -0.845. The molecule has 138 valence electrons. The zero-order valence-corrected chi connectivity index (χ0v) is 15.0. The minimum Gasteiger partial charge on any atom is -0.455 e. The number of fused-ring (bicyclic) bond motifs is 2. The van der Waals surface area contributed by atoms with Crippen LogP contribution in [0.2, 0.25) is 0 Å². The van der Waals surface area contributed by atoms with Crippen LogP contribution in [-0.2, 0) is 14.3 Å². The molecule has 5 atom stereocenters. The van der Waals surface area contributed by atoms with Crippen molar-refractivity contribution >= 4 is 5.97 Å². The predicted octanol–water partition coefficient (Wildman–Crippen LogP) is 2.43. The third-order valence-corrected chi connectivity index (χ3v) is 5.83. The molecule has 0 radical (unpaired) electrons. The summed E-state index contributed by atoms with van der Waals surface area (Å²) in [5, 5.41) is 20.5. The van der Waals surface area contributed by atoms with E-state index >= 15 is 0 Å². The first-order valence-electron chi connectivity index (χ1n) is 9.07. The van der Waals surface area contributed by atoms with Crippen molar-refractivity contribution in [3.63, 3.8) is 0 Å². The summed E-state index contributed by atoms with van der Waals surface area (Å²) in [5.41, 5.74) is 1.96. The molecule has 0 bridgehead atoms. The highest BCUT2D eigenvalue weighted by Crippen LogP contribution is 2.47. The van der Waals surface area contributed by atoms with E-state index in [1.54, 1.807) is 0 Å². The Hall–Kier alpha value is -1.43. The topological polar surface area (TPSA) is 79.3 Å². The van der Waals surface area contributed by atoms with Gasteiger partial charge in [0.1, 0.15) is 17.8 Å². The fourth-order valence-corrected chi connectivity index (χ4v) is 3.95. The first kappa shape index (κ1) is 18.4. The lowest BCUT2D eigenvalue weighted by Crippen LogP contribution is -2.34. The quantitative estimate of drug-likeness (QED) is 0.329. The Morgan fingerprint density at radius 3 is 2.80 bits per heavy atom. The van der Waals surface area contributed by atoms with Crippen LogP contribution in [0.4, 0.5) is 0 Å². The molecule has 2 aliphatic heterocycles. The Bertz CT molecular complexity index is 620. The second-order valence-corrected chi connectivity index (χ2v) is 7.59. The standard InChI is InChI=1S/C20H28O5/c1-12-6-4-8-13(2)17(22)18-15(14(3)19(23)24-18)10-16-20(11-21,25-16)9-5-7-12/h7-8,15-18,21-22H,3-6,9-11H2,1-2H3/b12-7+,13-8+/t15-,16-,17+,18-,20+/m1/s1. The molecule has 2 saturated heterocycles. The largest absolute Gasteiger partial charge is 0.455 e. The molecule has 3 rings (SSSR count). The lowest BCUT2D eigenvalue weighted by Gasteiger charge is -2.24. The predicted molar refractivity (Wildman–Crippen MR) is 93.8 cm³/mol. The molecule has 0 unspecified atom stereocenters. The first-order chi connectivity index (χ1) is 11.9. The van der Waals surface area contributed by atoms with Crippen LogP contribution in [0.25, 0.3) is 0 Å². The van der Waals surface area contributed by atoms with Gasteiger partial charge in [-0.25, -0.2) is 4.79 Å². The van der Waals surface area contributed by atoms with E-state index in [2.05, 4.69) is 19.6 Å². The monoisotopic (exact) mass is 348 g/mol. The number of epoxide rings is 1. The zero-order valence-electron chi connectivity index (χ0n) is 15.0. The second-order valence-electron chi connectivity index (χ2n) is 7.59. The first-order valence-corrected chi connectivity index (χ1v) is 9.07. The number of ether oxygens (including phenoxy) is 2.